The molecule has 0 bridgehead atoms. The Morgan fingerprint density at radius 2 is 2.00 bits per heavy atom. The molecule has 0 aromatic carbocycles. The van der Waals surface area contributed by atoms with Crippen molar-refractivity contribution < 1.29 is 0 Å². The van der Waals surface area contributed by atoms with Gasteiger partial charge in [-0.15, -0.1) is 22.9 Å². The summed E-state index contributed by atoms with van der Waals surface area (Å²) in [6, 6.07) is 2.17. The van der Waals surface area contributed by atoms with Crippen LogP contribution in [0.1, 0.15) is 61.3 Å². The molecule has 0 spiro atoms. The van der Waals surface area contributed by atoms with Crippen molar-refractivity contribution in [2.45, 2.75) is 57.7 Å². The molecule has 0 saturated carbocycles. The molecule has 0 nitrogen and oxygen atoms in total. The third kappa shape index (κ3) is 4.77. The Labute approximate surface area is 117 Å². The number of thiophene rings is 1. The van der Waals surface area contributed by atoms with E-state index >= 15 is 0 Å². The molecule has 1 aromatic rings. The summed E-state index contributed by atoms with van der Waals surface area (Å²) in [6.45, 7) is 4.40. The number of unbranched alkanes of at least 4 members (excludes halogenated alkanes) is 4. The van der Waals surface area contributed by atoms with Gasteiger partial charge in [-0.05, 0) is 40.9 Å². The van der Waals surface area contributed by atoms with Crippen LogP contribution < -0.4 is 0 Å². The highest BCUT2D eigenvalue weighted by atomic mass is 79.9. The molecular weight excluding hydrogens is 304 g/mol. The second-order valence-corrected chi connectivity index (χ2v) is 7.39. The van der Waals surface area contributed by atoms with Gasteiger partial charge in [-0.3, -0.25) is 0 Å². The van der Waals surface area contributed by atoms with Crippen LogP contribution in [0.3, 0.4) is 0 Å². The van der Waals surface area contributed by atoms with Gasteiger partial charge < -0.3 is 0 Å². The van der Waals surface area contributed by atoms with Gasteiger partial charge in [0.15, 0.2) is 0 Å². The first-order chi connectivity index (χ1) is 7.65. The van der Waals surface area contributed by atoms with Crippen molar-refractivity contribution in [3.05, 3.63) is 20.3 Å². The Bertz CT molecular complexity index is 309. The van der Waals surface area contributed by atoms with E-state index in [1.807, 2.05) is 0 Å². The third-order valence-corrected chi connectivity index (χ3v) is 4.85. The lowest BCUT2D eigenvalue weighted by Crippen LogP contribution is -1.90. The highest BCUT2D eigenvalue weighted by Crippen LogP contribution is 2.36. The van der Waals surface area contributed by atoms with Crippen molar-refractivity contribution in [1.29, 1.82) is 0 Å². The van der Waals surface area contributed by atoms with Crippen LogP contribution in [-0.4, -0.2) is 0 Å². The van der Waals surface area contributed by atoms with Crippen molar-refractivity contribution in [2.24, 2.45) is 0 Å². The van der Waals surface area contributed by atoms with Gasteiger partial charge in [-0.1, -0.05) is 39.0 Å². The third-order valence-electron chi connectivity index (χ3n) is 2.82. The van der Waals surface area contributed by atoms with Crippen molar-refractivity contribution in [2.75, 3.05) is 0 Å². The van der Waals surface area contributed by atoms with Crippen molar-refractivity contribution in [3.63, 3.8) is 0 Å². The second kappa shape index (κ2) is 7.73. The van der Waals surface area contributed by atoms with Crippen LogP contribution in [0.4, 0.5) is 0 Å². The van der Waals surface area contributed by atoms with Gasteiger partial charge in [-0.2, -0.15) is 0 Å². The fraction of sp³-hybridized carbons (Fsp3) is 0.692. The zero-order valence-corrected chi connectivity index (χ0v) is 13.2. The summed E-state index contributed by atoms with van der Waals surface area (Å²) in [5.41, 5.74) is 1.31. The minimum absolute atomic E-state index is 0.198. The maximum absolute atomic E-state index is 6.42. The summed E-state index contributed by atoms with van der Waals surface area (Å²) >= 11 is 11.7. The summed E-state index contributed by atoms with van der Waals surface area (Å²) in [5.74, 6) is 0. The van der Waals surface area contributed by atoms with E-state index in [9.17, 15) is 0 Å². The van der Waals surface area contributed by atoms with E-state index in [-0.39, 0.29) is 5.38 Å². The molecule has 1 rings (SSSR count). The van der Waals surface area contributed by atoms with Crippen LogP contribution in [0, 0.1) is 6.92 Å². The fourth-order valence-electron chi connectivity index (χ4n) is 1.85. The lowest BCUT2D eigenvalue weighted by Gasteiger charge is -2.08. The molecule has 3 heteroatoms. The zero-order chi connectivity index (χ0) is 12.0. The molecule has 0 amide bonds. The number of rotatable bonds is 7. The predicted molar refractivity (Wildman–Crippen MR) is 78.7 cm³/mol. The largest absolute Gasteiger partial charge is 0.133 e. The Morgan fingerprint density at radius 3 is 2.56 bits per heavy atom. The Kier molecular flexibility index (Phi) is 7.02. The monoisotopic (exact) mass is 322 g/mol. The highest BCUT2D eigenvalue weighted by Gasteiger charge is 2.13. The summed E-state index contributed by atoms with van der Waals surface area (Å²) in [7, 11) is 0. The Balaban J connectivity index is 2.29. The average molecular weight is 324 g/mol. The summed E-state index contributed by atoms with van der Waals surface area (Å²) in [6.07, 6.45) is 7.70. The number of halogens is 2. The van der Waals surface area contributed by atoms with Gasteiger partial charge >= 0.3 is 0 Å². The molecule has 0 radical (unpaired) electrons. The van der Waals surface area contributed by atoms with Gasteiger partial charge in [0, 0.05) is 4.88 Å². The lowest BCUT2D eigenvalue weighted by molar-refractivity contribution is 0.601. The van der Waals surface area contributed by atoms with Crippen molar-refractivity contribution >= 4 is 38.9 Å². The van der Waals surface area contributed by atoms with Crippen molar-refractivity contribution in [3.8, 4) is 0 Å². The van der Waals surface area contributed by atoms with E-state index in [4.69, 9.17) is 11.6 Å². The summed E-state index contributed by atoms with van der Waals surface area (Å²) < 4.78 is 1.19. The number of aryl methyl sites for hydroxylation is 1. The lowest BCUT2D eigenvalue weighted by atomic mass is 10.1. The SMILES string of the molecule is CCCCCCCC(Cl)c1cc(Br)sc1C. The number of hydrogen-bond donors (Lipinski definition) is 0. The highest BCUT2D eigenvalue weighted by molar-refractivity contribution is 9.11. The van der Waals surface area contributed by atoms with Gasteiger partial charge in [0.2, 0.25) is 0 Å². The summed E-state index contributed by atoms with van der Waals surface area (Å²) in [4.78, 5) is 1.35. The standard InChI is InChI=1S/C13H20BrClS/c1-3-4-5-6-7-8-12(15)11-9-13(14)16-10(11)2/h9,12H,3-8H2,1-2H3. The van der Waals surface area contributed by atoms with Gasteiger partial charge in [0.05, 0.1) is 9.16 Å². The maximum atomic E-state index is 6.42. The summed E-state index contributed by atoms with van der Waals surface area (Å²) in [5, 5.41) is 0.198. The van der Waals surface area contributed by atoms with E-state index in [2.05, 4.69) is 35.8 Å². The normalized spacial score (nSPS) is 13.0. The van der Waals surface area contributed by atoms with Crippen LogP contribution in [0.25, 0.3) is 0 Å². The van der Waals surface area contributed by atoms with Gasteiger partial charge in [0.25, 0.3) is 0 Å². The average Bonchev–Trinajstić information content (AvgIpc) is 2.57. The quantitative estimate of drug-likeness (QED) is 0.399. The van der Waals surface area contributed by atoms with E-state index in [0.717, 1.165) is 6.42 Å². The van der Waals surface area contributed by atoms with Crippen LogP contribution >= 0.6 is 38.9 Å². The molecule has 1 heterocycles. The number of alkyl halides is 1. The van der Waals surface area contributed by atoms with Crippen LogP contribution in [0.2, 0.25) is 0 Å². The smallest absolute Gasteiger partial charge is 0.0704 e. The first-order valence-electron chi connectivity index (χ1n) is 6.05. The molecule has 0 aliphatic carbocycles. The van der Waals surface area contributed by atoms with E-state index in [1.54, 1.807) is 11.3 Å². The van der Waals surface area contributed by atoms with E-state index in [0.29, 0.717) is 0 Å². The van der Waals surface area contributed by atoms with Gasteiger partial charge in [-0.25, -0.2) is 0 Å². The molecule has 1 unspecified atom stereocenters. The second-order valence-electron chi connectivity index (χ2n) is 4.23. The maximum Gasteiger partial charge on any atom is 0.0704 e. The first kappa shape index (κ1) is 14.5. The number of hydrogen-bond acceptors (Lipinski definition) is 1. The predicted octanol–water partition coefficient (Wildman–Crippen LogP) is 6.46. The van der Waals surface area contributed by atoms with E-state index in [1.165, 1.54) is 46.3 Å². The minimum atomic E-state index is 0.198. The molecule has 16 heavy (non-hydrogen) atoms. The topological polar surface area (TPSA) is 0 Å². The van der Waals surface area contributed by atoms with Crippen LogP contribution in [0.5, 0.6) is 0 Å². The Morgan fingerprint density at radius 1 is 1.31 bits per heavy atom. The van der Waals surface area contributed by atoms with Gasteiger partial charge in [0.1, 0.15) is 0 Å². The molecular formula is C13H20BrClS. The molecule has 0 N–H and O–H groups in total. The first-order valence-corrected chi connectivity index (χ1v) is 8.09. The van der Waals surface area contributed by atoms with Crippen LogP contribution in [-0.2, 0) is 0 Å². The van der Waals surface area contributed by atoms with E-state index < -0.39 is 0 Å². The molecule has 1 atom stereocenters. The zero-order valence-electron chi connectivity index (χ0n) is 10.1. The molecule has 0 fully saturated rings. The Hall–Kier alpha value is 0.470. The molecule has 0 saturated heterocycles. The molecule has 1 aromatic heterocycles. The van der Waals surface area contributed by atoms with Crippen molar-refractivity contribution in [1.82, 2.24) is 0 Å². The van der Waals surface area contributed by atoms with Crippen LogP contribution in [0.15, 0.2) is 9.85 Å². The molecule has 0 aliphatic rings. The molecule has 92 valence electrons. The minimum Gasteiger partial charge on any atom is -0.133 e. The molecule has 0 aliphatic heterocycles. The fourth-order valence-corrected chi connectivity index (χ4v) is 4.07.